The zero-order valence-electron chi connectivity index (χ0n) is 12.3. The van der Waals surface area contributed by atoms with Crippen molar-refractivity contribution in [1.82, 2.24) is 9.80 Å². The Bertz CT molecular complexity index is 404. The third-order valence-electron chi connectivity index (χ3n) is 3.40. The number of likely N-dealkylation sites (N-methyl/N-ethyl adjacent to an activating group) is 1. The molecule has 118 valence electrons. The van der Waals surface area contributed by atoms with Crippen molar-refractivity contribution in [2.75, 3.05) is 26.7 Å². The SMILES string of the molecule is C=CCOC(=O)N(C)C(CC(=O)O)C(=O)N1CCCCC1. The van der Waals surface area contributed by atoms with Crippen LogP contribution >= 0.6 is 0 Å². The second kappa shape index (κ2) is 8.28. The van der Waals surface area contributed by atoms with Gasteiger partial charge in [-0.2, -0.15) is 0 Å². The molecule has 7 nitrogen and oxygen atoms in total. The van der Waals surface area contributed by atoms with E-state index in [-0.39, 0.29) is 12.5 Å². The van der Waals surface area contributed by atoms with E-state index in [1.165, 1.54) is 13.1 Å². The summed E-state index contributed by atoms with van der Waals surface area (Å²) in [6, 6.07) is -1.04. The molecule has 1 fully saturated rings. The molecule has 0 bridgehead atoms. The number of carboxylic acid groups (broad SMARTS) is 1. The largest absolute Gasteiger partial charge is 0.481 e. The topological polar surface area (TPSA) is 87.1 Å². The smallest absolute Gasteiger partial charge is 0.410 e. The average Bonchev–Trinajstić information content (AvgIpc) is 2.49. The molecule has 7 heteroatoms. The van der Waals surface area contributed by atoms with Crippen LogP contribution in [0.1, 0.15) is 25.7 Å². The molecule has 0 saturated carbocycles. The van der Waals surface area contributed by atoms with Crippen molar-refractivity contribution in [1.29, 1.82) is 0 Å². The van der Waals surface area contributed by atoms with Crippen LogP contribution in [0.5, 0.6) is 0 Å². The Hall–Kier alpha value is -2.05. The van der Waals surface area contributed by atoms with Crippen molar-refractivity contribution in [3.63, 3.8) is 0 Å². The standard InChI is InChI=1S/C14H22N2O5/c1-3-9-21-14(20)15(2)11(10-12(17)18)13(19)16-7-5-4-6-8-16/h3,11H,1,4-10H2,2H3,(H,17,18). The molecule has 1 rings (SSSR count). The van der Waals surface area contributed by atoms with E-state index in [0.29, 0.717) is 13.1 Å². The van der Waals surface area contributed by atoms with E-state index in [9.17, 15) is 14.4 Å². The molecule has 1 N–H and O–H groups in total. The normalized spacial score (nSPS) is 16.0. The summed E-state index contributed by atoms with van der Waals surface area (Å²) >= 11 is 0. The first-order valence-electron chi connectivity index (χ1n) is 6.98. The number of ether oxygens (including phenoxy) is 1. The number of hydrogen-bond acceptors (Lipinski definition) is 4. The second-order valence-electron chi connectivity index (χ2n) is 4.98. The van der Waals surface area contributed by atoms with Crippen molar-refractivity contribution in [2.45, 2.75) is 31.7 Å². The zero-order valence-corrected chi connectivity index (χ0v) is 12.3. The van der Waals surface area contributed by atoms with Crippen LogP contribution in [0.2, 0.25) is 0 Å². The Balaban J connectivity index is 2.77. The van der Waals surface area contributed by atoms with Gasteiger partial charge in [0.1, 0.15) is 12.6 Å². The number of carbonyl (C=O) groups excluding carboxylic acids is 2. The predicted molar refractivity (Wildman–Crippen MR) is 75.8 cm³/mol. The molecule has 0 aliphatic carbocycles. The molecule has 0 radical (unpaired) electrons. The Morgan fingerprint density at radius 1 is 1.33 bits per heavy atom. The molecular formula is C14H22N2O5. The van der Waals surface area contributed by atoms with Crippen LogP contribution in [0.4, 0.5) is 4.79 Å². The van der Waals surface area contributed by atoms with Crippen LogP contribution in [0.25, 0.3) is 0 Å². The second-order valence-corrected chi connectivity index (χ2v) is 4.98. The van der Waals surface area contributed by atoms with Gasteiger partial charge in [-0.3, -0.25) is 14.5 Å². The number of piperidine rings is 1. The molecule has 1 saturated heterocycles. The number of nitrogens with zero attached hydrogens (tertiary/aromatic N) is 2. The van der Waals surface area contributed by atoms with E-state index in [1.54, 1.807) is 4.90 Å². The fourth-order valence-corrected chi connectivity index (χ4v) is 2.24. The molecule has 1 aliphatic rings. The Morgan fingerprint density at radius 3 is 2.48 bits per heavy atom. The molecule has 2 amide bonds. The van der Waals surface area contributed by atoms with Gasteiger partial charge >= 0.3 is 12.1 Å². The van der Waals surface area contributed by atoms with E-state index < -0.39 is 24.5 Å². The molecule has 0 aromatic rings. The molecule has 1 aliphatic heterocycles. The summed E-state index contributed by atoms with van der Waals surface area (Å²) in [4.78, 5) is 37.9. The number of carboxylic acids is 1. The van der Waals surface area contributed by atoms with Gasteiger partial charge in [0, 0.05) is 20.1 Å². The highest BCUT2D eigenvalue weighted by molar-refractivity contribution is 5.89. The maximum atomic E-state index is 12.4. The van der Waals surface area contributed by atoms with Crippen molar-refractivity contribution in [3.05, 3.63) is 12.7 Å². The summed E-state index contributed by atoms with van der Waals surface area (Å²) in [5.74, 6) is -1.47. The first kappa shape index (κ1) is 17.0. The van der Waals surface area contributed by atoms with Crippen LogP contribution < -0.4 is 0 Å². The quantitative estimate of drug-likeness (QED) is 0.742. The van der Waals surface area contributed by atoms with E-state index >= 15 is 0 Å². The molecule has 0 aromatic heterocycles. The van der Waals surface area contributed by atoms with Gasteiger partial charge in [0.15, 0.2) is 0 Å². The first-order valence-corrected chi connectivity index (χ1v) is 6.98. The molecule has 1 atom stereocenters. The number of hydrogen-bond donors (Lipinski definition) is 1. The summed E-state index contributed by atoms with van der Waals surface area (Å²) < 4.78 is 4.86. The Labute approximate surface area is 124 Å². The zero-order chi connectivity index (χ0) is 15.8. The van der Waals surface area contributed by atoms with E-state index in [1.807, 2.05) is 0 Å². The van der Waals surface area contributed by atoms with Crippen molar-refractivity contribution in [2.24, 2.45) is 0 Å². The molecule has 0 aromatic carbocycles. The van der Waals surface area contributed by atoms with Crippen molar-refractivity contribution in [3.8, 4) is 0 Å². The highest BCUT2D eigenvalue weighted by Crippen LogP contribution is 2.14. The first-order chi connectivity index (χ1) is 9.97. The van der Waals surface area contributed by atoms with Gasteiger partial charge in [-0.1, -0.05) is 12.7 Å². The van der Waals surface area contributed by atoms with Gasteiger partial charge in [-0.15, -0.1) is 0 Å². The monoisotopic (exact) mass is 298 g/mol. The summed E-state index contributed by atoms with van der Waals surface area (Å²) in [5, 5.41) is 8.97. The average molecular weight is 298 g/mol. The van der Waals surface area contributed by atoms with Gasteiger partial charge in [0.25, 0.3) is 0 Å². The molecule has 0 spiro atoms. The number of carbonyl (C=O) groups is 3. The third kappa shape index (κ3) is 5.09. The lowest BCUT2D eigenvalue weighted by Crippen LogP contribution is -2.51. The minimum absolute atomic E-state index is 0.0148. The molecule has 1 heterocycles. The van der Waals surface area contributed by atoms with Gasteiger partial charge in [-0.25, -0.2) is 4.79 Å². The van der Waals surface area contributed by atoms with E-state index in [2.05, 4.69) is 6.58 Å². The minimum atomic E-state index is -1.13. The van der Waals surface area contributed by atoms with Crippen LogP contribution in [0.15, 0.2) is 12.7 Å². The van der Waals surface area contributed by atoms with Crippen LogP contribution in [0, 0.1) is 0 Å². The van der Waals surface area contributed by atoms with Crippen molar-refractivity contribution < 1.29 is 24.2 Å². The number of aliphatic carboxylic acids is 1. The number of amides is 2. The summed E-state index contributed by atoms with van der Waals surface area (Å²) in [7, 11) is 1.38. The highest BCUT2D eigenvalue weighted by Gasteiger charge is 2.33. The molecule has 21 heavy (non-hydrogen) atoms. The minimum Gasteiger partial charge on any atom is -0.481 e. The summed E-state index contributed by atoms with van der Waals surface area (Å²) in [6.07, 6.45) is 3.10. The van der Waals surface area contributed by atoms with Gasteiger partial charge < -0.3 is 14.7 Å². The number of likely N-dealkylation sites (tertiary alicyclic amines) is 1. The fraction of sp³-hybridized carbons (Fsp3) is 0.643. The van der Waals surface area contributed by atoms with E-state index in [0.717, 1.165) is 24.2 Å². The van der Waals surface area contributed by atoms with Gasteiger partial charge in [-0.05, 0) is 19.3 Å². The molecular weight excluding hydrogens is 276 g/mol. The van der Waals surface area contributed by atoms with Crippen LogP contribution in [0.3, 0.4) is 0 Å². The van der Waals surface area contributed by atoms with E-state index in [4.69, 9.17) is 9.84 Å². The number of rotatable bonds is 6. The Morgan fingerprint density at radius 2 is 1.95 bits per heavy atom. The lowest BCUT2D eigenvalue weighted by Gasteiger charge is -2.33. The van der Waals surface area contributed by atoms with Gasteiger partial charge in [0.2, 0.25) is 5.91 Å². The maximum absolute atomic E-state index is 12.4. The van der Waals surface area contributed by atoms with Crippen LogP contribution in [-0.4, -0.2) is 65.7 Å². The highest BCUT2D eigenvalue weighted by atomic mass is 16.6. The maximum Gasteiger partial charge on any atom is 0.410 e. The Kier molecular flexibility index (Phi) is 6.71. The fourth-order valence-electron chi connectivity index (χ4n) is 2.24. The molecule has 1 unspecified atom stereocenters. The van der Waals surface area contributed by atoms with Gasteiger partial charge in [0.05, 0.1) is 6.42 Å². The summed E-state index contributed by atoms with van der Waals surface area (Å²) in [5.41, 5.74) is 0. The van der Waals surface area contributed by atoms with Crippen LogP contribution in [-0.2, 0) is 14.3 Å². The van der Waals surface area contributed by atoms with Crippen molar-refractivity contribution >= 4 is 18.0 Å². The summed E-state index contributed by atoms with van der Waals surface area (Å²) in [6.45, 7) is 4.65. The lowest BCUT2D eigenvalue weighted by molar-refractivity contribution is -0.145. The predicted octanol–water partition coefficient (Wildman–Crippen LogP) is 1.10. The lowest BCUT2D eigenvalue weighted by atomic mass is 10.1. The third-order valence-corrected chi connectivity index (χ3v) is 3.40.